The van der Waals surface area contributed by atoms with Gasteiger partial charge in [-0.25, -0.2) is 4.39 Å². The standard InChI is InChI=1S/C19H15FO3/c1-3-23-14-8-9-15(11(2)10-14)17-16(18(21)19(17)22)12-4-6-13(20)7-5-12/h4-10H,3H2,1-2H3. The van der Waals surface area contributed by atoms with Crippen molar-refractivity contribution in [3.63, 3.8) is 0 Å². The Kier molecular flexibility index (Phi) is 3.82. The van der Waals surface area contributed by atoms with E-state index in [-0.39, 0.29) is 5.82 Å². The van der Waals surface area contributed by atoms with Gasteiger partial charge in [0.05, 0.1) is 6.61 Å². The monoisotopic (exact) mass is 310 g/mol. The molecule has 0 atom stereocenters. The number of benzene rings is 2. The van der Waals surface area contributed by atoms with Crippen molar-refractivity contribution in [2.24, 2.45) is 0 Å². The molecule has 4 heteroatoms. The third-order valence-electron chi connectivity index (χ3n) is 3.82. The first-order chi connectivity index (χ1) is 11.0. The van der Waals surface area contributed by atoms with Crippen molar-refractivity contribution in [3.05, 3.63) is 74.3 Å². The molecule has 0 aliphatic heterocycles. The lowest BCUT2D eigenvalue weighted by molar-refractivity contribution is 0.340. The van der Waals surface area contributed by atoms with E-state index in [9.17, 15) is 14.0 Å². The van der Waals surface area contributed by atoms with Gasteiger partial charge in [0.1, 0.15) is 11.6 Å². The first kappa shape index (κ1) is 15.2. The average Bonchev–Trinajstić information content (AvgIpc) is 2.54. The van der Waals surface area contributed by atoms with Gasteiger partial charge in [0.2, 0.25) is 10.9 Å². The third-order valence-corrected chi connectivity index (χ3v) is 3.82. The fourth-order valence-electron chi connectivity index (χ4n) is 2.71. The lowest BCUT2D eigenvalue weighted by atomic mass is 9.87. The SMILES string of the molecule is CCOc1ccc(-c2c(-c3ccc(F)cc3)c(=O)c2=O)c(C)c1. The molecule has 3 aromatic rings. The van der Waals surface area contributed by atoms with Crippen LogP contribution in [0.4, 0.5) is 4.39 Å². The van der Waals surface area contributed by atoms with Crippen LogP contribution in [0.25, 0.3) is 22.3 Å². The van der Waals surface area contributed by atoms with E-state index in [4.69, 9.17) is 4.74 Å². The van der Waals surface area contributed by atoms with Crippen LogP contribution in [0.5, 0.6) is 5.75 Å². The van der Waals surface area contributed by atoms with Gasteiger partial charge < -0.3 is 4.74 Å². The topological polar surface area (TPSA) is 43.4 Å². The average molecular weight is 310 g/mol. The van der Waals surface area contributed by atoms with Crippen molar-refractivity contribution in [2.75, 3.05) is 6.61 Å². The summed E-state index contributed by atoms with van der Waals surface area (Å²) in [7, 11) is 0. The van der Waals surface area contributed by atoms with Crippen LogP contribution in [-0.2, 0) is 0 Å². The second-order valence-electron chi connectivity index (χ2n) is 5.32. The molecule has 0 unspecified atom stereocenters. The van der Waals surface area contributed by atoms with E-state index >= 15 is 0 Å². The molecule has 0 aliphatic rings. The van der Waals surface area contributed by atoms with E-state index in [0.29, 0.717) is 28.9 Å². The summed E-state index contributed by atoms with van der Waals surface area (Å²) in [5.74, 6) is 0.335. The molecular weight excluding hydrogens is 295 g/mol. The van der Waals surface area contributed by atoms with E-state index < -0.39 is 10.9 Å². The van der Waals surface area contributed by atoms with E-state index in [2.05, 4.69) is 0 Å². The zero-order chi connectivity index (χ0) is 16.6. The van der Waals surface area contributed by atoms with Gasteiger partial charge in [0.15, 0.2) is 0 Å². The molecule has 3 aromatic carbocycles. The van der Waals surface area contributed by atoms with Gasteiger partial charge in [-0.1, -0.05) is 18.2 Å². The smallest absolute Gasteiger partial charge is 0.234 e. The van der Waals surface area contributed by atoms with E-state index in [1.165, 1.54) is 24.3 Å². The molecule has 0 aromatic heterocycles. The molecule has 0 amide bonds. The van der Waals surface area contributed by atoms with Crippen molar-refractivity contribution in [2.45, 2.75) is 13.8 Å². The molecule has 0 N–H and O–H groups in total. The molecule has 0 bridgehead atoms. The molecule has 0 radical (unpaired) electrons. The maximum absolute atomic E-state index is 13.1. The predicted octanol–water partition coefficient (Wildman–Crippen LogP) is 3.46. The van der Waals surface area contributed by atoms with E-state index in [1.807, 2.05) is 19.9 Å². The van der Waals surface area contributed by atoms with Gasteiger partial charge in [-0.05, 0) is 54.8 Å². The molecule has 0 aliphatic carbocycles. The van der Waals surface area contributed by atoms with Crippen LogP contribution in [0.2, 0.25) is 0 Å². The lowest BCUT2D eigenvalue weighted by Crippen LogP contribution is -2.35. The molecular formula is C19H15FO3. The summed E-state index contributed by atoms with van der Waals surface area (Å²) in [6.45, 7) is 4.31. The highest BCUT2D eigenvalue weighted by Gasteiger charge is 2.24. The zero-order valence-corrected chi connectivity index (χ0v) is 12.9. The minimum absolute atomic E-state index is 0.349. The van der Waals surface area contributed by atoms with Gasteiger partial charge in [-0.3, -0.25) is 9.59 Å². The van der Waals surface area contributed by atoms with Crippen molar-refractivity contribution in [1.29, 1.82) is 0 Å². The van der Waals surface area contributed by atoms with Crippen LogP contribution in [0.3, 0.4) is 0 Å². The first-order valence-corrected chi connectivity index (χ1v) is 7.36. The van der Waals surface area contributed by atoms with Gasteiger partial charge >= 0.3 is 0 Å². The predicted molar refractivity (Wildman–Crippen MR) is 88.1 cm³/mol. The Morgan fingerprint density at radius 1 is 0.957 bits per heavy atom. The zero-order valence-electron chi connectivity index (χ0n) is 12.9. The summed E-state index contributed by atoms with van der Waals surface area (Å²) in [6, 6.07) is 11.0. The molecule has 23 heavy (non-hydrogen) atoms. The van der Waals surface area contributed by atoms with Gasteiger partial charge in [-0.2, -0.15) is 0 Å². The van der Waals surface area contributed by atoms with E-state index in [1.54, 1.807) is 12.1 Å². The Labute approximate surface area is 132 Å². The molecule has 0 spiro atoms. The number of ether oxygens (including phenoxy) is 1. The van der Waals surface area contributed by atoms with Crippen molar-refractivity contribution in [1.82, 2.24) is 0 Å². The van der Waals surface area contributed by atoms with Crippen molar-refractivity contribution in [3.8, 4) is 28.0 Å². The lowest BCUT2D eigenvalue weighted by Gasteiger charge is -2.14. The van der Waals surface area contributed by atoms with Crippen LogP contribution >= 0.6 is 0 Å². The Bertz CT molecular complexity index is 932. The van der Waals surface area contributed by atoms with Crippen LogP contribution in [0.1, 0.15) is 12.5 Å². The van der Waals surface area contributed by atoms with E-state index in [0.717, 1.165) is 11.3 Å². The fourth-order valence-corrected chi connectivity index (χ4v) is 2.71. The Morgan fingerprint density at radius 3 is 2.22 bits per heavy atom. The number of aryl methyl sites for hydroxylation is 1. The van der Waals surface area contributed by atoms with Gasteiger partial charge in [0, 0.05) is 11.1 Å². The van der Waals surface area contributed by atoms with Crippen molar-refractivity contribution < 1.29 is 9.13 Å². The summed E-state index contributed by atoms with van der Waals surface area (Å²) in [5, 5.41) is 0. The summed E-state index contributed by atoms with van der Waals surface area (Å²) in [5.41, 5.74) is 1.82. The van der Waals surface area contributed by atoms with Gasteiger partial charge in [-0.15, -0.1) is 0 Å². The summed E-state index contributed by atoms with van der Waals surface area (Å²) in [6.07, 6.45) is 0. The fraction of sp³-hybridized carbons (Fsp3) is 0.158. The second-order valence-corrected chi connectivity index (χ2v) is 5.32. The van der Waals surface area contributed by atoms with Crippen LogP contribution in [-0.4, -0.2) is 6.61 Å². The highest BCUT2D eigenvalue weighted by Crippen LogP contribution is 2.32. The van der Waals surface area contributed by atoms with Crippen LogP contribution in [0.15, 0.2) is 52.1 Å². The quantitative estimate of drug-likeness (QED) is 0.693. The van der Waals surface area contributed by atoms with Crippen molar-refractivity contribution >= 4 is 0 Å². The van der Waals surface area contributed by atoms with Crippen LogP contribution in [0, 0.1) is 12.7 Å². The molecule has 0 saturated heterocycles. The molecule has 116 valence electrons. The van der Waals surface area contributed by atoms with Crippen LogP contribution < -0.4 is 15.6 Å². The number of rotatable bonds is 4. The maximum atomic E-state index is 13.1. The Balaban J connectivity index is 2.12. The first-order valence-electron chi connectivity index (χ1n) is 7.36. The number of hydrogen-bond acceptors (Lipinski definition) is 3. The number of hydrogen-bond donors (Lipinski definition) is 0. The molecule has 0 heterocycles. The van der Waals surface area contributed by atoms with Gasteiger partial charge in [0.25, 0.3) is 0 Å². The second kappa shape index (κ2) is 5.80. The third kappa shape index (κ3) is 2.57. The highest BCUT2D eigenvalue weighted by molar-refractivity contribution is 5.88. The summed E-state index contributed by atoms with van der Waals surface area (Å²) in [4.78, 5) is 24.0. The summed E-state index contributed by atoms with van der Waals surface area (Å²) < 4.78 is 18.5. The molecule has 0 saturated carbocycles. The minimum atomic E-state index is -0.528. The molecule has 3 nitrogen and oxygen atoms in total. The Hall–Kier alpha value is -2.75. The highest BCUT2D eigenvalue weighted by atomic mass is 19.1. The summed E-state index contributed by atoms with van der Waals surface area (Å²) >= 11 is 0. The number of halogens is 1. The maximum Gasteiger partial charge on any atom is 0.234 e. The molecule has 3 rings (SSSR count). The Morgan fingerprint density at radius 2 is 1.61 bits per heavy atom. The minimum Gasteiger partial charge on any atom is -0.494 e. The normalized spacial score (nSPS) is 10.9. The molecule has 0 fully saturated rings. The largest absolute Gasteiger partial charge is 0.494 e.